The first kappa shape index (κ1) is 11.6. The van der Waals surface area contributed by atoms with Crippen LogP contribution >= 0.6 is 0 Å². The monoisotopic (exact) mass is 240 g/mol. The summed E-state index contributed by atoms with van der Waals surface area (Å²) in [6, 6.07) is 10.1. The first-order valence-electron chi connectivity index (χ1n) is 5.25. The SMILES string of the molecule is CN(C)S(=O)(=O)N1CC1Cc1ccccc1. The van der Waals surface area contributed by atoms with Gasteiger partial charge in [0, 0.05) is 26.7 Å². The number of rotatable bonds is 4. The van der Waals surface area contributed by atoms with Crippen LogP contribution in [-0.4, -0.2) is 43.7 Å². The molecule has 1 aromatic rings. The molecule has 1 saturated heterocycles. The first-order chi connectivity index (χ1) is 7.51. The van der Waals surface area contributed by atoms with Crippen LogP contribution in [0, 0.1) is 0 Å². The van der Waals surface area contributed by atoms with Gasteiger partial charge >= 0.3 is 0 Å². The Morgan fingerprint density at radius 1 is 1.31 bits per heavy atom. The van der Waals surface area contributed by atoms with Gasteiger partial charge in [-0.05, 0) is 12.0 Å². The summed E-state index contributed by atoms with van der Waals surface area (Å²) >= 11 is 0. The van der Waals surface area contributed by atoms with Crippen molar-refractivity contribution in [3.63, 3.8) is 0 Å². The lowest BCUT2D eigenvalue weighted by Gasteiger charge is -2.12. The maximum atomic E-state index is 11.7. The minimum atomic E-state index is -3.21. The second-order valence-electron chi connectivity index (χ2n) is 4.20. The summed E-state index contributed by atoms with van der Waals surface area (Å²) in [4.78, 5) is 0. The Hall–Kier alpha value is -0.910. The van der Waals surface area contributed by atoms with Gasteiger partial charge in [0.1, 0.15) is 0 Å². The lowest BCUT2D eigenvalue weighted by molar-refractivity contribution is 0.477. The highest BCUT2D eigenvalue weighted by Crippen LogP contribution is 2.26. The Labute approximate surface area is 96.7 Å². The Morgan fingerprint density at radius 2 is 1.94 bits per heavy atom. The molecule has 1 aromatic carbocycles. The van der Waals surface area contributed by atoms with E-state index < -0.39 is 10.2 Å². The van der Waals surface area contributed by atoms with Gasteiger partial charge in [0.05, 0.1) is 0 Å². The third-order valence-electron chi connectivity index (χ3n) is 2.74. The van der Waals surface area contributed by atoms with Crippen LogP contribution in [0.25, 0.3) is 0 Å². The second-order valence-corrected chi connectivity index (χ2v) is 6.30. The molecule has 1 aliphatic heterocycles. The fourth-order valence-electron chi connectivity index (χ4n) is 1.71. The van der Waals surface area contributed by atoms with Crippen molar-refractivity contribution in [1.29, 1.82) is 0 Å². The molecular weight excluding hydrogens is 224 g/mol. The molecular formula is C11H16N2O2S. The average molecular weight is 240 g/mol. The quantitative estimate of drug-likeness (QED) is 0.728. The van der Waals surface area contributed by atoms with Crippen LogP contribution in [0.5, 0.6) is 0 Å². The number of benzene rings is 1. The Morgan fingerprint density at radius 3 is 2.50 bits per heavy atom. The summed E-state index contributed by atoms with van der Waals surface area (Å²) in [7, 11) is -0.0808. The zero-order valence-electron chi connectivity index (χ0n) is 9.50. The van der Waals surface area contributed by atoms with Crippen LogP contribution in [0.15, 0.2) is 30.3 Å². The van der Waals surface area contributed by atoms with Crippen molar-refractivity contribution in [3.8, 4) is 0 Å². The maximum absolute atomic E-state index is 11.7. The van der Waals surface area contributed by atoms with Gasteiger partial charge in [-0.2, -0.15) is 17.0 Å². The number of hydrogen-bond acceptors (Lipinski definition) is 2. The van der Waals surface area contributed by atoms with E-state index in [-0.39, 0.29) is 6.04 Å². The smallest absolute Gasteiger partial charge is 0.195 e. The molecule has 0 amide bonds. The summed E-state index contributed by atoms with van der Waals surface area (Å²) < 4.78 is 26.3. The molecule has 0 radical (unpaired) electrons. The molecule has 5 heteroatoms. The zero-order chi connectivity index (χ0) is 11.8. The van der Waals surface area contributed by atoms with E-state index >= 15 is 0 Å². The van der Waals surface area contributed by atoms with E-state index in [9.17, 15) is 8.42 Å². The molecule has 16 heavy (non-hydrogen) atoms. The van der Waals surface area contributed by atoms with Crippen molar-refractivity contribution >= 4 is 10.2 Å². The van der Waals surface area contributed by atoms with Crippen LogP contribution in [-0.2, 0) is 16.6 Å². The van der Waals surface area contributed by atoms with Gasteiger partial charge in [-0.15, -0.1) is 0 Å². The van der Waals surface area contributed by atoms with Crippen LogP contribution in [0.1, 0.15) is 5.56 Å². The van der Waals surface area contributed by atoms with Crippen molar-refractivity contribution < 1.29 is 8.42 Å². The highest BCUT2D eigenvalue weighted by molar-refractivity contribution is 7.87. The average Bonchev–Trinajstić information content (AvgIpc) is 2.99. The highest BCUT2D eigenvalue weighted by Gasteiger charge is 2.44. The van der Waals surface area contributed by atoms with Gasteiger partial charge in [-0.3, -0.25) is 0 Å². The standard InChI is InChI=1S/C11H16N2O2S/c1-12(2)16(14,15)13-9-11(13)8-10-6-4-3-5-7-10/h3-7,11H,8-9H2,1-2H3. The van der Waals surface area contributed by atoms with Crippen molar-refractivity contribution in [2.24, 2.45) is 0 Å². The molecule has 2 rings (SSSR count). The van der Waals surface area contributed by atoms with Crippen molar-refractivity contribution in [3.05, 3.63) is 35.9 Å². The summed E-state index contributed by atoms with van der Waals surface area (Å²) in [6.45, 7) is 0.634. The molecule has 1 aliphatic rings. The van der Waals surface area contributed by atoms with E-state index in [0.29, 0.717) is 6.54 Å². The minimum absolute atomic E-state index is 0.134. The maximum Gasteiger partial charge on any atom is 0.281 e. The molecule has 0 spiro atoms. The Bertz CT molecular complexity index is 456. The largest absolute Gasteiger partial charge is 0.281 e. The predicted octanol–water partition coefficient (Wildman–Crippen LogP) is 0.720. The van der Waals surface area contributed by atoms with Crippen LogP contribution in [0.2, 0.25) is 0 Å². The highest BCUT2D eigenvalue weighted by atomic mass is 32.2. The molecule has 0 aliphatic carbocycles. The van der Waals surface area contributed by atoms with Crippen molar-refractivity contribution in [2.75, 3.05) is 20.6 Å². The summed E-state index contributed by atoms with van der Waals surface area (Å²) in [6.07, 6.45) is 0.800. The number of hydrogen-bond donors (Lipinski definition) is 0. The summed E-state index contributed by atoms with van der Waals surface area (Å²) in [5, 5.41) is 0. The molecule has 0 aromatic heterocycles. The van der Waals surface area contributed by atoms with Crippen molar-refractivity contribution in [1.82, 2.24) is 8.61 Å². The first-order valence-corrected chi connectivity index (χ1v) is 6.65. The summed E-state index contributed by atoms with van der Waals surface area (Å²) in [5.74, 6) is 0. The van der Waals surface area contributed by atoms with E-state index in [1.165, 1.54) is 14.2 Å². The molecule has 0 saturated carbocycles. The van der Waals surface area contributed by atoms with Crippen LogP contribution < -0.4 is 0 Å². The van der Waals surface area contributed by atoms with Gasteiger partial charge < -0.3 is 0 Å². The van der Waals surface area contributed by atoms with Crippen LogP contribution in [0.4, 0.5) is 0 Å². The molecule has 0 N–H and O–H groups in total. The molecule has 88 valence electrons. The topological polar surface area (TPSA) is 40.4 Å². The molecule has 0 bridgehead atoms. The fourth-order valence-corrected chi connectivity index (χ4v) is 2.94. The normalized spacial score (nSPS) is 24.7. The van der Waals surface area contributed by atoms with Gasteiger partial charge in [-0.25, -0.2) is 0 Å². The van der Waals surface area contributed by atoms with Gasteiger partial charge in [0.25, 0.3) is 10.2 Å². The van der Waals surface area contributed by atoms with E-state index in [1.807, 2.05) is 30.3 Å². The van der Waals surface area contributed by atoms with Gasteiger partial charge in [0.15, 0.2) is 0 Å². The Balaban J connectivity index is 1.99. The predicted molar refractivity (Wildman–Crippen MR) is 63.2 cm³/mol. The third kappa shape index (κ3) is 2.26. The summed E-state index contributed by atoms with van der Waals surface area (Å²) in [5.41, 5.74) is 1.18. The third-order valence-corrected chi connectivity index (χ3v) is 4.70. The molecule has 1 heterocycles. The van der Waals surface area contributed by atoms with Gasteiger partial charge in [-0.1, -0.05) is 30.3 Å². The molecule has 2 atom stereocenters. The van der Waals surface area contributed by atoms with Crippen molar-refractivity contribution in [2.45, 2.75) is 12.5 Å². The lowest BCUT2D eigenvalue weighted by Crippen LogP contribution is -2.30. The van der Waals surface area contributed by atoms with E-state index in [4.69, 9.17) is 0 Å². The second kappa shape index (κ2) is 4.16. The number of nitrogens with zero attached hydrogens (tertiary/aromatic N) is 2. The molecule has 1 fully saturated rings. The molecule has 2 unspecified atom stereocenters. The molecule has 4 nitrogen and oxygen atoms in total. The van der Waals surface area contributed by atoms with Crippen LogP contribution in [0.3, 0.4) is 0 Å². The van der Waals surface area contributed by atoms with Gasteiger partial charge in [0.2, 0.25) is 0 Å². The minimum Gasteiger partial charge on any atom is -0.195 e. The van der Waals surface area contributed by atoms with E-state index in [0.717, 1.165) is 6.42 Å². The lowest BCUT2D eigenvalue weighted by atomic mass is 10.1. The zero-order valence-corrected chi connectivity index (χ0v) is 10.3. The fraction of sp³-hybridized carbons (Fsp3) is 0.455. The van der Waals surface area contributed by atoms with E-state index in [2.05, 4.69) is 0 Å². The van der Waals surface area contributed by atoms with E-state index in [1.54, 1.807) is 14.1 Å². The Kier molecular flexibility index (Phi) is 3.01.